The van der Waals surface area contributed by atoms with Crippen molar-refractivity contribution in [1.82, 2.24) is 0 Å². The Morgan fingerprint density at radius 2 is 1.20 bits per heavy atom. The summed E-state index contributed by atoms with van der Waals surface area (Å²) in [5, 5.41) is 0. The van der Waals surface area contributed by atoms with Gasteiger partial charge in [-0.1, -0.05) is 6.58 Å². The minimum atomic E-state index is -3.67. The zero-order valence-corrected chi connectivity index (χ0v) is 9.75. The highest BCUT2D eigenvalue weighted by Gasteiger charge is 1.82. The van der Waals surface area contributed by atoms with E-state index in [2.05, 4.69) is 12.3 Å². The third kappa shape index (κ3) is 1490. The zero-order chi connectivity index (χ0) is 13.3. The summed E-state index contributed by atoms with van der Waals surface area (Å²) in [7, 11) is -7.33. The van der Waals surface area contributed by atoms with E-state index in [1.165, 1.54) is 0 Å². The van der Waals surface area contributed by atoms with Crippen molar-refractivity contribution in [2.45, 2.75) is 0 Å². The van der Waals surface area contributed by atoms with E-state index in [4.69, 9.17) is 9.11 Å². The molecule has 0 unspecified atom stereocenters. The highest BCUT2D eigenvalue weighted by Crippen LogP contribution is 1.61. The minimum absolute atomic E-state index is 0.481. The van der Waals surface area contributed by atoms with E-state index in [9.17, 15) is 21.6 Å². The van der Waals surface area contributed by atoms with Crippen molar-refractivity contribution in [1.29, 1.82) is 0 Å². The van der Waals surface area contributed by atoms with Crippen molar-refractivity contribution >= 4 is 26.1 Å². The third-order valence-corrected chi connectivity index (χ3v) is 0.201. The Kier molecular flexibility index (Phi) is 10.9. The predicted octanol–water partition coefficient (Wildman–Crippen LogP) is -1.33. The molecule has 0 fully saturated rings. The molecule has 0 atom stereocenters. The molecule has 0 aliphatic heterocycles. The Hall–Kier alpha value is -0.970. The average Bonchev–Trinajstić information content (AvgIpc) is 1.79. The molecular formula is C5H13NO7S2. The van der Waals surface area contributed by atoms with Crippen molar-refractivity contribution in [2.24, 2.45) is 5.73 Å². The van der Waals surface area contributed by atoms with Crippen molar-refractivity contribution in [3.63, 3.8) is 0 Å². The number of carbonyl (C=O) groups excluding carboxylic acids is 1. The molecule has 0 rings (SSSR count). The van der Waals surface area contributed by atoms with Crippen LogP contribution in [-0.4, -0.2) is 44.4 Å². The van der Waals surface area contributed by atoms with Gasteiger partial charge in [0.15, 0.2) is 0 Å². The van der Waals surface area contributed by atoms with Crippen LogP contribution in [0.2, 0.25) is 0 Å². The van der Waals surface area contributed by atoms with Crippen LogP contribution in [-0.2, 0) is 25.0 Å². The largest absolute Gasteiger partial charge is 0.366 e. The Morgan fingerprint density at radius 1 is 1.13 bits per heavy atom. The smallest absolute Gasteiger partial charge is 0.261 e. The first-order valence-electron chi connectivity index (χ1n) is 3.04. The molecule has 0 aromatic rings. The van der Waals surface area contributed by atoms with Crippen molar-refractivity contribution < 1.29 is 30.7 Å². The normalized spacial score (nSPS) is 9.87. The fraction of sp³-hybridized carbons (Fsp3) is 0.400. The molecule has 15 heavy (non-hydrogen) atoms. The number of carbonyl (C=O) groups is 1. The average molecular weight is 263 g/mol. The fourth-order valence-corrected chi connectivity index (χ4v) is 0. The second kappa shape index (κ2) is 8.35. The van der Waals surface area contributed by atoms with Crippen LogP contribution in [0.1, 0.15) is 0 Å². The van der Waals surface area contributed by atoms with Gasteiger partial charge in [0.2, 0.25) is 5.91 Å². The number of hydrogen-bond acceptors (Lipinski definition) is 5. The molecule has 8 nitrogen and oxygen atoms in total. The molecule has 1 amide bonds. The number of rotatable bonds is 1. The standard InChI is InChI=1S/C3H5NO.2CH4O3S/c1-2-3(4)5;2*1-5(2,3)4/h2H,1H2,(H2,4,5);2*1H3,(H,2,3,4). The summed E-state index contributed by atoms with van der Waals surface area (Å²) in [4.78, 5) is 9.47. The predicted molar refractivity (Wildman–Crippen MR) is 54.3 cm³/mol. The van der Waals surface area contributed by atoms with E-state index in [-0.39, 0.29) is 0 Å². The summed E-state index contributed by atoms with van der Waals surface area (Å²) >= 11 is 0. The van der Waals surface area contributed by atoms with Crippen LogP contribution < -0.4 is 5.73 Å². The van der Waals surface area contributed by atoms with Gasteiger partial charge < -0.3 is 5.73 Å². The molecule has 10 heteroatoms. The maximum atomic E-state index is 9.47. The number of primary amides is 1. The molecule has 0 spiro atoms. The molecule has 0 aliphatic carbocycles. The van der Waals surface area contributed by atoms with E-state index < -0.39 is 26.1 Å². The Balaban J connectivity index is -0.000000144. The van der Waals surface area contributed by atoms with E-state index in [0.717, 1.165) is 6.08 Å². The SMILES string of the molecule is C=CC(N)=O.CS(=O)(=O)O.CS(=O)(=O)O. The Labute approximate surface area is 88.3 Å². The lowest BCUT2D eigenvalue weighted by molar-refractivity contribution is -0.113. The number of nitrogens with two attached hydrogens (primary N) is 1. The highest BCUT2D eigenvalue weighted by molar-refractivity contribution is 7.85. The van der Waals surface area contributed by atoms with Gasteiger partial charge in [-0.05, 0) is 6.08 Å². The van der Waals surface area contributed by atoms with Gasteiger partial charge in [-0.25, -0.2) is 0 Å². The van der Waals surface area contributed by atoms with E-state index in [1.54, 1.807) is 0 Å². The monoisotopic (exact) mass is 263 g/mol. The first-order valence-corrected chi connectivity index (χ1v) is 6.73. The zero-order valence-electron chi connectivity index (χ0n) is 8.11. The molecule has 0 radical (unpaired) electrons. The molecule has 0 aromatic carbocycles. The molecule has 0 heterocycles. The lowest BCUT2D eigenvalue weighted by atomic mass is 10.6. The van der Waals surface area contributed by atoms with Crippen LogP contribution in [0, 0.1) is 0 Å². The van der Waals surface area contributed by atoms with Crippen LogP contribution in [0.4, 0.5) is 0 Å². The van der Waals surface area contributed by atoms with Gasteiger partial charge in [-0.15, -0.1) is 0 Å². The summed E-state index contributed by atoms with van der Waals surface area (Å²) in [6.45, 7) is 3.09. The maximum Gasteiger partial charge on any atom is 0.261 e. The first kappa shape index (κ1) is 19.6. The Bertz CT molecular complexity index is 334. The van der Waals surface area contributed by atoms with E-state index >= 15 is 0 Å². The second-order valence-electron chi connectivity index (χ2n) is 2.07. The minimum Gasteiger partial charge on any atom is -0.366 e. The quantitative estimate of drug-likeness (QED) is 0.391. The van der Waals surface area contributed by atoms with Gasteiger partial charge in [0.1, 0.15) is 0 Å². The van der Waals surface area contributed by atoms with Gasteiger partial charge in [-0.3, -0.25) is 13.9 Å². The van der Waals surface area contributed by atoms with E-state index in [1.807, 2.05) is 0 Å². The lowest BCUT2D eigenvalue weighted by Crippen LogP contribution is -2.04. The van der Waals surface area contributed by atoms with Gasteiger partial charge in [0, 0.05) is 0 Å². The lowest BCUT2D eigenvalue weighted by Gasteiger charge is -1.69. The second-order valence-corrected chi connectivity index (χ2v) is 5.00. The molecule has 0 aromatic heterocycles. The Morgan fingerprint density at radius 3 is 1.20 bits per heavy atom. The summed E-state index contributed by atoms with van der Waals surface area (Å²) in [5.74, 6) is -0.481. The topological polar surface area (TPSA) is 152 Å². The number of amides is 1. The molecule has 0 saturated carbocycles. The summed E-state index contributed by atoms with van der Waals surface area (Å²) in [6.07, 6.45) is 2.49. The summed E-state index contributed by atoms with van der Waals surface area (Å²) < 4.78 is 51.7. The first-order chi connectivity index (χ1) is 6.27. The molecule has 0 aliphatic rings. The van der Waals surface area contributed by atoms with Gasteiger partial charge >= 0.3 is 0 Å². The van der Waals surface area contributed by atoms with Crippen LogP contribution in [0.15, 0.2) is 12.7 Å². The summed E-state index contributed by atoms with van der Waals surface area (Å²) in [6, 6.07) is 0. The fourth-order valence-electron chi connectivity index (χ4n) is 0. The maximum absolute atomic E-state index is 9.47. The van der Waals surface area contributed by atoms with Gasteiger partial charge in [0.05, 0.1) is 12.5 Å². The van der Waals surface area contributed by atoms with Crippen molar-refractivity contribution in [2.75, 3.05) is 12.5 Å². The van der Waals surface area contributed by atoms with Gasteiger partial charge in [-0.2, -0.15) is 16.8 Å². The van der Waals surface area contributed by atoms with Crippen LogP contribution in [0.25, 0.3) is 0 Å². The molecular weight excluding hydrogens is 250 g/mol. The molecule has 92 valence electrons. The van der Waals surface area contributed by atoms with E-state index in [0.29, 0.717) is 12.5 Å². The van der Waals surface area contributed by atoms with Gasteiger partial charge in [0.25, 0.3) is 20.2 Å². The molecule has 0 saturated heterocycles. The van der Waals surface area contributed by atoms with Crippen LogP contribution >= 0.6 is 0 Å². The van der Waals surface area contributed by atoms with Crippen molar-refractivity contribution in [3.05, 3.63) is 12.7 Å². The molecule has 0 bridgehead atoms. The highest BCUT2D eigenvalue weighted by atomic mass is 32.2. The third-order valence-electron chi connectivity index (χ3n) is 0.201. The van der Waals surface area contributed by atoms with Crippen molar-refractivity contribution in [3.8, 4) is 0 Å². The number of hydrogen-bond donors (Lipinski definition) is 3. The van der Waals surface area contributed by atoms with Crippen LogP contribution in [0.5, 0.6) is 0 Å². The summed E-state index contributed by atoms with van der Waals surface area (Å²) in [5.41, 5.74) is 4.53. The molecule has 4 N–H and O–H groups in total. The van der Waals surface area contributed by atoms with Crippen LogP contribution in [0.3, 0.4) is 0 Å².